The summed E-state index contributed by atoms with van der Waals surface area (Å²) in [4.78, 5) is 6.89. The molecule has 2 N–H and O–H groups in total. The summed E-state index contributed by atoms with van der Waals surface area (Å²) < 4.78 is 5.33. The molecule has 5 heteroatoms. The van der Waals surface area contributed by atoms with E-state index in [1.807, 2.05) is 6.92 Å². The van der Waals surface area contributed by atoms with Crippen LogP contribution in [0.1, 0.15) is 44.8 Å². The van der Waals surface area contributed by atoms with Gasteiger partial charge in [0.15, 0.2) is 5.82 Å². The van der Waals surface area contributed by atoms with Crippen LogP contribution in [0.2, 0.25) is 0 Å². The number of hydrogen-bond acceptors (Lipinski definition) is 5. The lowest BCUT2D eigenvalue weighted by atomic mass is 10.1. The largest absolute Gasteiger partial charge is 0.339 e. The molecule has 1 aliphatic heterocycles. The third-order valence-corrected chi connectivity index (χ3v) is 3.29. The Balaban J connectivity index is 1.97. The zero-order valence-electron chi connectivity index (χ0n) is 10.9. The van der Waals surface area contributed by atoms with Gasteiger partial charge in [-0.1, -0.05) is 5.16 Å². The van der Waals surface area contributed by atoms with Gasteiger partial charge in [0.05, 0.1) is 5.92 Å². The third-order valence-electron chi connectivity index (χ3n) is 3.29. The highest BCUT2D eigenvalue weighted by atomic mass is 16.5. The standard InChI is InChI=1S/C12H22N4O/c1-8(2)16-5-4-10(7-16)12-14-11(15-17-12)6-9(3)13/h8-10H,4-7,13H2,1-3H3. The Morgan fingerprint density at radius 3 is 2.82 bits per heavy atom. The summed E-state index contributed by atoms with van der Waals surface area (Å²) in [6.07, 6.45) is 1.79. The second-order valence-electron chi connectivity index (χ2n) is 5.30. The van der Waals surface area contributed by atoms with Crippen molar-refractivity contribution in [2.45, 2.75) is 51.6 Å². The Labute approximate surface area is 102 Å². The lowest BCUT2D eigenvalue weighted by Gasteiger charge is -2.19. The predicted molar refractivity (Wildman–Crippen MR) is 65.7 cm³/mol. The van der Waals surface area contributed by atoms with E-state index in [0.29, 0.717) is 18.4 Å². The van der Waals surface area contributed by atoms with Gasteiger partial charge in [0.2, 0.25) is 5.89 Å². The zero-order valence-corrected chi connectivity index (χ0v) is 10.9. The fourth-order valence-corrected chi connectivity index (χ4v) is 2.26. The van der Waals surface area contributed by atoms with E-state index in [1.54, 1.807) is 0 Å². The van der Waals surface area contributed by atoms with Gasteiger partial charge in [-0.2, -0.15) is 4.98 Å². The monoisotopic (exact) mass is 238 g/mol. The second-order valence-corrected chi connectivity index (χ2v) is 5.30. The van der Waals surface area contributed by atoms with E-state index in [1.165, 1.54) is 0 Å². The van der Waals surface area contributed by atoms with Crippen LogP contribution in [0.5, 0.6) is 0 Å². The van der Waals surface area contributed by atoms with Crippen molar-refractivity contribution < 1.29 is 4.52 Å². The summed E-state index contributed by atoms with van der Waals surface area (Å²) >= 11 is 0. The number of nitrogens with zero attached hydrogens (tertiary/aromatic N) is 3. The van der Waals surface area contributed by atoms with Crippen molar-refractivity contribution in [1.82, 2.24) is 15.0 Å². The molecule has 0 saturated carbocycles. The van der Waals surface area contributed by atoms with Gasteiger partial charge in [-0.3, -0.25) is 0 Å². The normalized spacial score (nSPS) is 23.5. The van der Waals surface area contributed by atoms with Crippen molar-refractivity contribution in [3.05, 3.63) is 11.7 Å². The van der Waals surface area contributed by atoms with Crippen molar-refractivity contribution >= 4 is 0 Å². The Morgan fingerprint density at radius 2 is 2.24 bits per heavy atom. The van der Waals surface area contributed by atoms with Gasteiger partial charge in [-0.05, 0) is 33.7 Å². The molecule has 2 heterocycles. The van der Waals surface area contributed by atoms with Crippen LogP contribution in [-0.2, 0) is 6.42 Å². The van der Waals surface area contributed by atoms with Crippen molar-refractivity contribution in [3.8, 4) is 0 Å². The topological polar surface area (TPSA) is 68.2 Å². The van der Waals surface area contributed by atoms with Crippen LogP contribution < -0.4 is 5.73 Å². The summed E-state index contributed by atoms with van der Waals surface area (Å²) in [5.74, 6) is 1.91. The number of rotatable bonds is 4. The molecule has 0 aromatic carbocycles. The SMILES string of the molecule is CC(N)Cc1noc(C2CCN(C(C)C)C2)n1. The predicted octanol–water partition coefficient (Wildman–Crippen LogP) is 1.16. The van der Waals surface area contributed by atoms with Crippen LogP contribution in [-0.4, -0.2) is 40.2 Å². The minimum Gasteiger partial charge on any atom is -0.339 e. The molecule has 0 aliphatic carbocycles. The summed E-state index contributed by atoms with van der Waals surface area (Å²) in [7, 11) is 0. The van der Waals surface area contributed by atoms with E-state index >= 15 is 0 Å². The Bertz CT molecular complexity index is 361. The molecular weight excluding hydrogens is 216 g/mol. The van der Waals surface area contributed by atoms with Gasteiger partial charge in [0.1, 0.15) is 0 Å². The molecule has 1 aromatic heterocycles. The van der Waals surface area contributed by atoms with E-state index in [9.17, 15) is 0 Å². The minimum absolute atomic E-state index is 0.0798. The first-order chi connectivity index (χ1) is 8.06. The molecule has 0 radical (unpaired) electrons. The fourth-order valence-electron chi connectivity index (χ4n) is 2.26. The molecule has 2 atom stereocenters. The number of hydrogen-bond donors (Lipinski definition) is 1. The van der Waals surface area contributed by atoms with E-state index in [2.05, 4.69) is 28.9 Å². The molecule has 0 amide bonds. The van der Waals surface area contributed by atoms with Gasteiger partial charge in [0, 0.05) is 25.0 Å². The highest BCUT2D eigenvalue weighted by molar-refractivity contribution is 5.00. The van der Waals surface area contributed by atoms with Gasteiger partial charge in [0.25, 0.3) is 0 Å². The summed E-state index contributed by atoms with van der Waals surface area (Å²) in [6, 6.07) is 0.669. The van der Waals surface area contributed by atoms with Crippen LogP contribution in [0.15, 0.2) is 4.52 Å². The molecule has 1 aromatic rings. The number of nitrogens with two attached hydrogens (primary N) is 1. The van der Waals surface area contributed by atoms with Crippen molar-refractivity contribution in [1.29, 1.82) is 0 Å². The molecule has 96 valence electrons. The van der Waals surface area contributed by atoms with Crippen LogP contribution in [0.25, 0.3) is 0 Å². The quantitative estimate of drug-likeness (QED) is 0.852. The minimum atomic E-state index is 0.0798. The maximum Gasteiger partial charge on any atom is 0.231 e. The first-order valence-corrected chi connectivity index (χ1v) is 6.38. The molecule has 2 rings (SSSR count). The smallest absolute Gasteiger partial charge is 0.231 e. The van der Waals surface area contributed by atoms with Gasteiger partial charge in [-0.25, -0.2) is 0 Å². The maximum absolute atomic E-state index is 5.72. The zero-order chi connectivity index (χ0) is 12.4. The average molecular weight is 238 g/mol. The lowest BCUT2D eigenvalue weighted by Crippen LogP contribution is -2.27. The van der Waals surface area contributed by atoms with Crippen molar-refractivity contribution in [2.24, 2.45) is 5.73 Å². The Morgan fingerprint density at radius 1 is 1.47 bits per heavy atom. The van der Waals surface area contributed by atoms with Gasteiger partial charge >= 0.3 is 0 Å². The van der Waals surface area contributed by atoms with E-state index in [0.717, 1.165) is 31.2 Å². The van der Waals surface area contributed by atoms with Crippen molar-refractivity contribution in [2.75, 3.05) is 13.1 Å². The highest BCUT2D eigenvalue weighted by Gasteiger charge is 2.29. The van der Waals surface area contributed by atoms with Crippen LogP contribution in [0, 0.1) is 0 Å². The van der Waals surface area contributed by atoms with Gasteiger partial charge in [-0.15, -0.1) is 0 Å². The summed E-state index contributed by atoms with van der Waals surface area (Å²) in [5, 5.41) is 3.99. The molecule has 2 unspecified atom stereocenters. The summed E-state index contributed by atoms with van der Waals surface area (Å²) in [6.45, 7) is 8.53. The first kappa shape index (κ1) is 12.5. The van der Waals surface area contributed by atoms with E-state index in [-0.39, 0.29) is 6.04 Å². The molecule has 0 spiro atoms. The Kier molecular flexibility index (Phi) is 3.79. The maximum atomic E-state index is 5.72. The van der Waals surface area contributed by atoms with E-state index < -0.39 is 0 Å². The third kappa shape index (κ3) is 3.04. The molecule has 1 fully saturated rings. The fraction of sp³-hybridized carbons (Fsp3) is 0.833. The number of aromatic nitrogens is 2. The summed E-state index contributed by atoms with van der Waals surface area (Å²) in [5.41, 5.74) is 5.72. The molecular formula is C12H22N4O. The molecule has 1 aliphatic rings. The Hall–Kier alpha value is -0.940. The van der Waals surface area contributed by atoms with Crippen LogP contribution in [0.4, 0.5) is 0 Å². The molecule has 1 saturated heterocycles. The van der Waals surface area contributed by atoms with Crippen LogP contribution >= 0.6 is 0 Å². The average Bonchev–Trinajstić information content (AvgIpc) is 2.83. The molecule has 5 nitrogen and oxygen atoms in total. The van der Waals surface area contributed by atoms with Gasteiger partial charge < -0.3 is 15.2 Å². The molecule has 17 heavy (non-hydrogen) atoms. The molecule has 0 bridgehead atoms. The van der Waals surface area contributed by atoms with Crippen LogP contribution in [0.3, 0.4) is 0 Å². The highest BCUT2D eigenvalue weighted by Crippen LogP contribution is 2.27. The van der Waals surface area contributed by atoms with E-state index in [4.69, 9.17) is 10.3 Å². The lowest BCUT2D eigenvalue weighted by molar-refractivity contribution is 0.265. The van der Waals surface area contributed by atoms with Crippen molar-refractivity contribution in [3.63, 3.8) is 0 Å². The number of likely N-dealkylation sites (tertiary alicyclic amines) is 1. The second kappa shape index (κ2) is 5.14. The first-order valence-electron chi connectivity index (χ1n) is 6.38.